The van der Waals surface area contributed by atoms with E-state index in [0.717, 1.165) is 10.8 Å². The van der Waals surface area contributed by atoms with Crippen LogP contribution in [0.5, 0.6) is 0 Å². The van der Waals surface area contributed by atoms with Gasteiger partial charge < -0.3 is 4.42 Å². The summed E-state index contributed by atoms with van der Waals surface area (Å²) in [6, 6.07) is 16.9. The van der Waals surface area contributed by atoms with E-state index < -0.39 is 0 Å². The highest BCUT2D eigenvalue weighted by Crippen LogP contribution is 2.19. The molecular weight excluding hydrogens is 226 g/mol. The van der Waals surface area contributed by atoms with Crippen LogP contribution >= 0.6 is 0 Å². The van der Waals surface area contributed by atoms with Crippen LogP contribution in [0.3, 0.4) is 0 Å². The van der Waals surface area contributed by atoms with Crippen molar-refractivity contribution < 1.29 is 9.21 Å². The quantitative estimate of drug-likeness (QED) is 0.738. The zero-order valence-corrected chi connectivity index (χ0v) is 9.59. The van der Waals surface area contributed by atoms with Crippen molar-refractivity contribution in [1.82, 2.24) is 0 Å². The van der Waals surface area contributed by atoms with E-state index >= 15 is 0 Å². The van der Waals surface area contributed by atoms with Crippen LogP contribution in [-0.4, -0.2) is 5.91 Å². The molecule has 0 saturated heterocycles. The molecule has 1 N–H and O–H groups in total. The van der Waals surface area contributed by atoms with E-state index in [1.165, 1.54) is 6.26 Å². The van der Waals surface area contributed by atoms with Gasteiger partial charge in [0.1, 0.15) is 0 Å². The van der Waals surface area contributed by atoms with Crippen LogP contribution in [0.4, 0.5) is 5.88 Å². The smallest absolute Gasteiger partial charge is 0.258 e. The first-order valence-corrected chi connectivity index (χ1v) is 5.67. The maximum Gasteiger partial charge on any atom is 0.258 e. The highest BCUT2D eigenvalue weighted by atomic mass is 16.3. The Morgan fingerprint density at radius 1 is 0.944 bits per heavy atom. The lowest BCUT2D eigenvalue weighted by Gasteiger charge is -2.05. The molecule has 0 aliphatic carbocycles. The van der Waals surface area contributed by atoms with E-state index in [-0.39, 0.29) is 5.91 Å². The first-order valence-electron chi connectivity index (χ1n) is 5.67. The Bertz CT molecular complexity index is 681. The number of carbonyl (C=O) groups excluding carboxylic acids is 1. The summed E-state index contributed by atoms with van der Waals surface area (Å²) in [5.41, 5.74) is 0.643. The fraction of sp³-hybridized carbons (Fsp3) is 0. The minimum Gasteiger partial charge on any atom is -0.449 e. The molecule has 1 heterocycles. The van der Waals surface area contributed by atoms with Crippen molar-refractivity contribution in [2.75, 3.05) is 5.32 Å². The number of benzene rings is 2. The van der Waals surface area contributed by atoms with E-state index in [2.05, 4.69) is 5.32 Å². The first-order chi connectivity index (χ1) is 8.84. The molecule has 3 nitrogen and oxygen atoms in total. The molecule has 0 spiro atoms. The number of rotatable bonds is 2. The number of hydrogen-bond acceptors (Lipinski definition) is 2. The lowest BCUT2D eigenvalue weighted by molar-refractivity contribution is 0.102. The van der Waals surface area contributed by atoms with E-state index in [1.54, 1.807) is 18.2 Å². The van der Waals surface area contributed by atoms with E-state index in [4.69, 9.17) is 4.42 Å². The van der Waals surface area contributed by atoms with Gasteiger partial charge in [-0.05, 0) is 22.9 Å². The molecule has 0 aliphatic rings. The summed E-state index contributed by atoms with van der Waals surface area (Å²) in [5.74, 6) is 0.287. The second-order valence-corrected chi connectivity index (χ2v) is 3.96. The zero-order chi connectivity index (χ0) is 12.4. The minimum absolute atomic E-state index is 0.165. The molecule has 0 aliphatic heterocycles. The number of furan rings is 1. The Labute approximate surface area is 104 Å². The van der Waals surface area contributed by atoms with E-state index in [9.17, 15) is 4.79 Å². The zero-order valence-electron chi connectivity index (χ0n) is 9.59. The van der Waals surface area contributed by atoms with E-state index in [1.807, 2.05) is 36.4 Å². The summed E-state index contributed by atoms with van der Waals surface area (Å²) in [7, 11) is 0. The van der Waals surface area contributed by atoms with Gasteiger partial charge in [-0.3, -0.25) is 10.1 Å². The fourth-order valence-electron chi connectivity index (χ4n) is 1.95. The van der Waals surface area contributed by atoms with Gasteiger partial charge >= 0.3 is 0 Å². The lowest BCUT2D eigenvalue weighted by atomic mass is 10.0. The van der Waals surface area contributed by atoms with Gasteiger partial charge in [-0.15, -0.1) is 0 Å². The molecule has 0 saturated carbocycles. The third-order valence-electron chi connectivity index (χ3n) is 2.79. The molecular formula is C15H11NO2. The molecule has 3 rings (SSSR count). The molecule has 0 unspecified atom stereocenters. The molecule has 18 heavy (non-hydrogen) atoms. The van der Waals surface area contributed by atoms with Gasteiger partial charge in [-0.1, -0.05) is 36.4 Å². The van der Waals surface area contributed by atoms with Crippen molar-refractivity contribution in [3.63, 3.8) is 0 Å². The summed E-state index contributed by atoms with van der Waals surface area (Å²) < 4.78 is 5.11. The van der Waals surface area contributed by atoms with Crippen LogP contribution < -0.4 is 5.32 Å². The summed E-state index contributed by atoms with van der Waals surface area (Å²) in [6.45, 7) is 0. The van der Waals surface area contributed by atoms with Crippen LogP contribution in [0.25, 0.3) is 10.8 Å². The predicted octanol–water partition coefficient (Wildman–Crippen LogP) is 3.69. The minimum atomic E-state index is -0.165. The Balaban J connectivity index is 2.01. The maximum atomic E-state index is 12.2. The average molecular weight is 237 g/mol. The predicted molar refractivity (Wildman–Crippen MR) is 70.6 cm³/mol. The largest absolute Gasteiger partial charge is 0.449 e. The SMILES string of the molecule is O=C(Nc1ccco1)c1cccc2ccccc12. The van der Waals surface area contributed by atoms with Crippen molar-refractivity contribution in [1.29, 1.82) is 0 Å². The molecule has 2 aromatic carbocycles. The Hall–Kier alpha value is -2.55. The van der Waals surface area contributed by atoms with Gasteiger partial charge in [0, 0.05) is 11.6 Å². The number of anilines is 1. The van der Waals surface area contributed by atoms with Crippen LogP contribution in [0, 0.1) is 0 Å². The van der Waals surface area contributed by atoms with Crippen molar-refractivity contribution >= 4 is 22.6 Å². The molecule has 3 heteroatoms. The van der Waals surface area contributed by atoms with Crippen molar-refractivity contribution in [3.05, 3.63) is 66.4 Å². The standard InChI is InChI=1S/C15H11NO2/c17-15(16-14-9-4-10-18-14)13-8-3-6-11-5-1-2-7-12(11)13/h1-10H,(H,16,17). The molecule has 0 fully saturated rings. The van der Waals surface area contributed by atoms with Crippen molar-refractivity contribution in [3.8, 4) is 0 Å². The topological polar surface area (TPSA) is 42.2 Å². The van der Waals surface area contributed by atoms with Gasteiger partial charge in [0.2, 0.25) is 0 Å². The van der Waals surface area contributed by atoms with Crippen LogP contribution in [-0.2, 0) is 0 Å². The molecule has 3 aromatic rings. The normalized spacial score (nSPS) is 10.4. The molecule has 0 bridgehead atoms. The van der Waals surface area contributed by atoms with E-state index in [0.29, 0.717) is 11.4 Å². The molecule has 0 radical (unpaired) electrons. The number of hydrogen-bond donors (Lipinski definition) is 1. The van der Waals surface area contributed by atoms with Gasteiger partial charge in [-0.2, -0.15) is 0 Å². The van der Waals surface area contributed by atoms with Gasteiger partial charge in [0.05, 0.1) is 6.26 Å². The first kappa shape index (κ1) is 10.6. The molecule has 1 aromatic heterocycles. The molecule has 1 amide bonds. The summed E-state index contributed by atoms with van der Waals surface area (Å²) in [4.78, 5) is 12.2. The number of carbonyl (C=O) groups is 1. The third-order valence-corrected chi connectivity index (χ3v) is 2.79. The van der Waals surface area contributed by atoms with Crippen LogP contribution in [0.15, 0.2) is 65.3 Å². The summed E-state index contributed by atoms with van der Waals surface area (Å²) in [5, 5.41) is 4.70. The monoisotopic (exact) mass is 237 g/mol. The second kappa shape index (κ2) is 4.37. The highest BCUT2D eigenvalue weighted by Gasteiger charge is 2.10. The highest BCUT2D eigenvalue weighted by molar-refractivity contribution is 6.12. The van der Waals surface area contributed by atoms with Crippen LogP contribution in [0.1, 0.15) is 10.4 Å². The average Bonchev–Trinajstić information content (AvgIpc) is 2.91. The van der Waals surface area contributed by atoms with Gasteiger partial charge in [0.15, 0.2) is 5.88 Å². The molecule has 88 valence electrons. The number of amides is 1. The second-order valence-electron chi connectivity index (χ2n) is 3.96. The fourth-order valence-corrected chi connectivity index (χ4v) is 1.95. The maximum absolute atomic E-state index is 12.2. The van der Waals surface area contributed by atoms with Crippen LogP contribution in [0.2, 0.25) is 0 Å². The van der Waals surface area contributed by atoms with Gasteiger partial charge in [0.25, 0.3) is 5.91 Å². The Kier molecular flexibility index (Phi) is 2.57. The lowest BCUT2D eigenvalue weighted by Crippen LogP contribution is -2.11. The van der Waals surface area contributed by atoms with Gasteiger partial charge in [-0.25, -0.2) is 0 Å². The molecule has 0 atom stereocenters. The Morgan fingerprint density at radius 3 is 2.61 bits per heavy atom. The number of nitrogens with one attached hydrogen (secondary N) is 1. The van der Waals surface area contributed by atoms with Crippen molar-refractivity contribution in [2.24, 2.45) is 0 Å². The third kappa shape index (κ3) is 1.86. The summed E-state index contributed by atoms with van der Waals surface area (Å²) >= 11 is 0. The van der Waals surface area contributed by atoms with Crippen molar-refractivity contribution in [2.45, 2.75) is 0 Å². The number of fused-ring (bicyclic) bond motifs is 1. The Morgan fingerprint density at radius 2 is 1.78 bits per heavy atom. The summed E-state index contributed by atoms with van der Waals surface area (Å²) in [6.07, 6.45) is 1.53.